The van der Waals surface area contributed by atoms with Crippen LogP contribution in [0, 0.1) is 6.92 Å². The van der Waals surface area contributed by atoms with Crippen LogP contribution < -0.4 is 14.8 Å². The van der Waals surface area contributed by atoms with Crippen molar-refractivity contribution in [3.8, 4) is 28.6 Å². The summed E-state index contributed by atoms with van der Waals surface area (Å²) >= 11 is 1.33. The molecule has 39 heavy (non-hydrogen) atoms. The summed E-state index contributed by atoms with van der Waals surface area (Å²) in [6.07, 6.45) is 0. The summed E-state index contributed by atoms with van der Waals surface area (Å²) in [6, 6.07) is 33.2. The summed E-state index contributed by atoms with van der Waals surface area (Å²) in [5.41, 5.74) is 4.77. The Morgan fingerprint density at radius 3 is 2.23 bits per heavy atom. The number of hydrogen-bond acceptors (Lipinski definition) is 6. The van der Waals surface area contributed by atoms with Gasteiger partial charge in [-0.3, -0.25) is 9.36 Å². The fourth-order valence-corrected chi connectivity index (χ4v) is 4.67. The van der Waals surface area contributed by atoms with Crippen LogP contribution in [-0.4, -0.2) is 33.5 Å². The molecule has 5 rings (SSSR count). The van der Waals surface area contributed by atoms with Crippen molar-refractivity contribution < 1.29 is 14.3 Å². The maximum absolute atomic E-state index is 12.8. The Balaban J connectivity index is 1.25. The highest BCUT2D eigenvalue weighted by Crippen LogP contribution is 2.29. The molecule has 0 aliphatic carbocycles. The predicted octanol–water partition coefficient (Wildman–Crippen LogP) is 6.56. The van der Waals surface area contributed by atoms with E-state index in [1.165, 1.54) is 11.8 Å². The number of nitrogens with one attached hydrogen (secondary N) is 1. The number of carbonyl (C=O) groups is 1. The lowest BCUT2D eigenvalue weighted by molar-refractivity contribution is -0.113. The van der Waals surface area contributed by atoms with E-state index < -0.39 is 0 Å². The second-order valence-corrected chi connectivity index (χ2v) is 9.78. The Bertz CT molecular complexity index is 1520. The van der Waals surface area contributed by atoms with E-state index in [2.05, 4.69) is 15.5 Å². The summed E-state index contributed by atoms with van der Waals surface area (Å²) in [5.74, 6) is 2.24. The molecule has 7 nitrogen and oxygen atoms in total. The number of rotatable bonds is 10. The van der Waals surface area contributed by atoms with Crippen LogP contribution in [0.5, 0.6) is 11.5 Å². The molecule has 0 unspecified atom stereocenters. The van der Waals surface area contributed by atoms with Crippen LogP contribution in [0.2, 0.25) is 0 Å². The van der Waals surface area contributed by atoms with Gasteiger partial charge in [0.25, 0.3) is 0 Å². The molecular weight excluding hydrogens is 508 g/mol. The van der Waals surface area contributed by atoms with Crippen LogP contribution in [0.1, 0.15) is 11.1 Å². The van der Waals surface area contributed by atoms with E-state index in [4.69, 9.17) is 9.47 Å². The average molecular weight is 537 g/mol. The fraction of sp³-hybridized carbons (Fsp3) is 0.129. The lowest BCUT2D eigenvalue weighted by atomic mass is 10.2. The molecule has 0 bridgehead atoms. The first kappa shape index (κ1) is 26.1. The average Bonchev–Trinajstić information content (AvgIpc) is 3.40. The van der Waals surface area contributed by atoms with E-state index in [0.717, 1.165) is 33.9 Å². The van der Waals surface area contributed by atoms with Crippen molar-refractivity contribution >= 4 is 23.4 Å². The van der Waals surface area contributed by atoms with Gasteiger partial charge in [0.1, 0.15) is 18.1 Å². The van der Waals surface area contributed by atoms with Crippen LogP contribution in [0.3, 0.4) is 0 Å². The molecule has 1 aromatic heterocycles. The highest BCUT2D eigenvalue weighted by atomic mass is 32.2. The number of hydrogen-bond donors (Lipinski definition) is 1. The third-order valence-corrected chi connectivity index (χ3v) is 6.92. The van der Waals surface area contributed by atoms with E-state index in [1.54, 1.807) is 7.11 Å². The first-order valence-electron chi connectivity index (χ1n) is 12.5. The third kappa shape index (κ3) is 6.66. The zero-order valence-electron chi connectivity index (χ0n) is 21.7. The number of ether oxygens (including phenoxy) is 2. The number of benzene rings is 4. The number of thioether (sulfide) groups is 1. The van der Waals surface area contributed by atoms with E-state index in [1.807, 2.05) is 115 Å². The second-order valence-electron chi connectivity index (χ2n) is 8.84. The van der Waals surface area contributed by atoms with Crippen molar-refractivity contribution in [3.63, 3.8) is 0 Å². The van der Waals surface area contributed by atoms with Crippen LogP contribution in [0.4, 0.5) is 5.69 Å². The Kier molecular flexibility index (Phi) is 8.23. The largest absolute Gasteiger partial charge is 0.497 e. The summed E-state index contributed by atoms with van der Waals surface area (Å²) in [5, 5.41) is 12.4. The summed E-state index contributed by atoms with van der Waals surface area (Å²) in [4.78, 5) is 12.8. The van der Waals surface area contributed by atoms with Crippen LogP contribution >= 0.6 is 11.8 Å². The standard InChI is InChI=1S/C31H28N4O3S/c1-22-8-14-26(15-9-22)35-30(24-10-16-27(37-2)17-11-24)33-34-31(35)39-21-29(36)32-25-12-18-28(19-13-25)38-20-23-6-4-3-5-7-23/h3-19H,20-21H2,1-2H3,(H,32,36). The molecule has 8 heteroatoms. The van der Waals surface area contributed by atoms with Gasteiger partial charge >= 0.3 is 0 Å². The third-order valence-electron chi connectivity index (χ3n) is 5.99. The number of aromatic nitrogens is 3. The van der Waals surface area contributed by atoms with Crippen LogP contribution in [-0.2, 0) is 11.4 Å². The topological polar surface area (TPSA) is 78.3 Å². The normalized spacial score (nSPS) is 10.7. The number of anilines is 1. The smallest absolute Gasteiger partial charge is 0.234 e. The highest BCUT2D eigenvalue weighted by Gasteiger charge is 2.17. The Labute approximate surface area is 231 Å². The molecule has 5 aromatic rings. The van der Waals surface area contributed by atoms with Crippen LogP contribution in [0.25, 0.3) is 17.1 Å². The van der Waals surface area contributed by atoms with Crippen molar-refractivity contribution in [1.29, 1.82) is 0 Å². The Morgan fingerprint density at radius 1 is 0.846 bits per heavy atom. The number of nitrogens with zero attached hydrogens (tertiary/aromatic N) is 3. The van der Waals surface area contributed by atoms with E-state index in [9.17, 15) is 4.79 Å². The zero-order valence-corrected chi connectivity index (χ0v) is 22.5. The monoisotopic (exact) mass is 536 g/mol. The molecule has 1 N–H and O–H groups in total. The zero-order chi connectivity index (χ0) is 27.0. The minimum Gasteiger partial charge on any atom is -0.497 e. The van der Waals surface area contributed by atoms with Gasteiger partial charge in [-0.1, -0.05) is 59.8 Å². The summed E-state index contributed by atoms with van der Waals surface area (Å²) in [6.45, 7) is 2.53. The molecule has 1 amide bonds. The maximum Gasteiger partial charge on any atom is 0.234 e. The van der Waals surface area contributed by atoms with Gasteiger partial charge < -0.3 is 14.8 Å². The highest BCUT2D eigenvalue weighted by molar-refractivity contribution is 7.99. The molecule has 4 aromatic carbocycles. The molecule has 0 atom stereocenters. The first-order chi connectivity index (χ1) is 19.1. The molecule has 0 spiro atoms. The Hall–Kier alpha value is -4.56. The summed E-state index contributed by atoms with van der Waals surface area (Å²) < 4.78 is 13.1. The van der Waals surface area contributed by atoms with Gasteiger partial charge in [0.15, 0.2) is 11.0 Å². The number of carbonyl (C=O) groups excluding carboxylic acids is 1. The molecule has 0 aliphatic heterocycles. The van der Waals surface area contributed by atoms with Crippen LogP contribution in [0.15, 0.2) is 108 Å². The van der Waals surface area contributed by atoms with Crippen molar-refractivity contribution in [2.24, 2.45) is 0 Å². The molecule has 0 fully saturated rings. The van der Waals surface area contributed by atoms with Gasteiger partial charge in [-0.2, -0.15) is 0 Å². The minimum atomic E-state index is -0.137. The summed E-state index contributed by atoms with van der Waals surface area (Å²) in [7, 11) is 1.64. The van der Waals surface area contributed by atoms with Crippen molar-refractivity contribution in [1.82, 2.24) is 14.8 Å². The fourth-order valence-electron chi connectivity index (χ4n) is 3.92. The molecule has 0 saturated heterocycles. The quantitative estimate of drug-likeness (QED) is 0.204. The first-order valence-corrected chi connectivity index (χ1v) is 13.4. The lowest BCUT2D eigenvalue weighted by Crippen LogP contribution is -2.14. The van der Waals surface area contributed by atoms with Crippen molar-refractivity contribution in [2.45, 2.75) is 18.7 Å². The lowest BCUT2D eigenvalue weighted by Gasteiger charge is -2.11. The molecule has 196 valence electrons. The van der Waals surface area contributed by atoms with E-state index >= 15 is 0 Å². The van der Waals surface area contributed by atoms with Crippen molar-refractivity contribution in [2.75, 3.05) is 18.2 Å². The van der Waals surface area contributed by atoms with Gasteiger partial charge in [0.2, 0.25) is 5.91 Å². The number of aryl methyl sites for hydroxylation is 1. The van der Waals surface area contributed by atoms with E-state index in [0.29, 0.717) is 23.3 Å². The minimum absolute atomic E-state index is 0.137. The van der Waals surface area contributed by atoms with Gasteiger partial charge in [-0.15, -0.1) is 10.2 Å². The van der Waals surface area contributed by atoms with Gasteiger partial charge in [-0.05, 0) is 73.2 Å². The van der Waals surface area contributed by atoms with E-state index in [-0.39, 0.29) is 11.7 Å². The molecule has 0 radical (unpaired) electrons. The molecular formula is C31H28N4O3S. The predicted molar refractivity (Wildman–Crippen MR) is 155 cm³/mol. The second kappa shape index (κ2) is 12.3. The van der Waals surface area contributed by atoms with Gasteiger partial charge in [0.05, 0.1) is 12.9 Å². The maximum atomic E-state index is 12.8. The van der Waals surface area contributed by atoms with Crippen molar-refractivity contribution in [3.05, 3.63) is 114 Å². The Morgan fingerprint density at radius 2 is 1.54 bits per heavy atom. The number of methoxy groups -OCH3 is 1. The van der Waals surface area contributed by atoms with Gasteiger partial charge in [-0.25, -0.2) is 0 Å². The molecule has 1 heterocycles. The van der Waals surface area contributed by atoms with Gasteiger partial charge in [0, 0.05) is 16.9 Å². The number of amides is 1. The molecule has 0 saturated carbocycles. The molecule has 0 aliphatic rings. The SMILES string of the molecule is COc1ccc(-c2nnc(SCC(=O)Nc3ccc(OCc4ccccc4)cc3)n2-c2ccc(C)cc2)cc1.